The smallest absolute Gasteiger partial charge is 0.312 e. The molecule has 0 aromatic heterocycles. The Balaban J connectivity index is 3.94. The molecule has 0 rings (SSSR count). The molecule has 1 atom stereocenters. The topological polar surface area (TPSA) is 84.2 Å². The maximum Gasteiger partial charge on any atom is 0.312 e. The van der Waals surface area contributed by atoms with E-state index in [9.17, 15) is 9.59 Å². The number of nitrogens with two attached hydrogens (primary N) is 1. The van der Waals surface area contributed by atoms with Crippen molar-refractivity contribution in [2.24, 2.45) is 11.7 Å². The minimum Gasteiger partial charge on any atom is -0.352 e. The van der Waals surface area contributed by atoms with Gasteiger partial charge in [-0.3, -0.25) is 4.79 Å². The minimum absolute atomic E-state index is 0.0353. The number of hydrogen-bond acceptors (Lipinski definition) is 3. The molecule has 5 nitrogen and oxygen atoms in total. The Bertz CT molecular complexity index is 229. The highest BCUT2D eigenvalue weighted by Crippen LogP contribution is 2.05. The van der Waals surface area contributed by atoms with Crippen molar-refractivity contribution in [1.82, 2.24) is 10.6 Å². The molecule has 0 unspecified atom stereocenters. The van der Waals surface area contributed by atoms with Crippen molar-refractivity contribution in [2.75, 3.05) is 13.1 Å². The lowest BCUT2D eigenvalue weighted by Crippen LogP contribution is -2.40. The Morgan fingerprint density at radius 2 is 1.94 bits per heavy atom. The van der Waals surface area contributed by atoms with Crippen molar-refractivity contribution < 1.29 is 9.59 Å². The Kier molecular flexibility index (Phi) is 7.54. The zero-order valence-corrected chi connectivity index (χ0v) is 10.4. The number of ketones is 1. The maximum absolute atomic E-state index is 11.8. The van der Waals surface area contributed by atoms with E-state index in [2.05, 4.69) is 10.6 Å². The molecule has 0 heterocycles. The highest BCUT2D eigenvalue weighted by Gasteiger charge is 2.19. The van der Waals surface area contributed by atoms with Gasteiger partial charge in [-0.15, -0.1) is 0 Å². The number of hydrogen-bond donors (Lipinski definition) is 3. The lowest BCUT2D eigenvalue weighted by Gasteiger charge is -2.18. The lowest BCUT2D eigenvalue weighted by molar-refractivity contribution is -0.124. The van der Waals surface area contributed by atoms with Crippen molar-refractivity contribution in [1.29, 1.82) is 0 Å². The maximum atomic E-state index is 11.8. The van der Waals surface area contributed by atoms with E-state index in [4.69, 9.17) is 5.73 Å². The van der Waals surface area contributed by atoms with Crippen LogP contribution in [0.15, 0.2) is 0 Å². The summed E-state index contributed by atoms with van der Waals surface area (Å²) in [5.74, 6) is 0.258. The predicted octanol–water partition coefficient (Wildman–Crippen LogP) is 0.638. The van der Waals surface area contributed by atoms with Crippen molar-refractivity contribution in [3.05, 3.63) is 0 Å². The molecule has 0 aromatic rings. The van der Waals surface area contributed by atoms with Gasteiger partial charge in [0, 0.05) is 12.5 Å². The number of urea groups is 1. The Labute approximate surface area is 97.2 Å². The van der Waals surface area contributed by atoms with Crippen molar-refractivity contribution >= 4 is 11.8 Å². The third kappa shape index (κ3) is 6.40. The molecule has 94 valence electrons. The second kappa shape index (κ2) is 8.10. The van der Waals surface area contributed by atoms with Crippen LogP contribution in [0.3, 0.4) is 0 Å². The molecular weight excluding hydrogens is 206 g/mol. The minimum atomic E-state index is -0.518. The van der Waals surface area contributed by atoms with Gasteiger partial charge in [0.05, 0.1) is 6.04 Å². The zero-order chi connectivity index (χ0) is 12.6. The molecule has 0 aliphatic heterocycles. The van der Waals surface area contributed by atoms with Crippen LogP contribution < -0.4 is 16.4 Å². The SMILES string of the molecule is CCN[C@@H](CCCNC(N)=O)C(=O)C(C)C. The van der Waals surface area contributed by atoms with E-state index in [1.54, 1.807) is 0 Å². The number of Topliss-reactive ketones (excluding diaryl/α,β-unsaturated/α-hetero) is 1. The predicted molar refractivity (Wildman–Crippen MR) is 64.1 cm³/mol. The molecule has 0 aromatic carbocycles. The van der Waals surface area contributed by atoms with Crippen LogP contribution in [0.4, 0.5) is 4.79 Å². The first kappa shape index (κ1) is 14.9. The van der Waals surface area contributed by atoms with Crippen LogP contribution in [0.5, 0.6) is 0 Å². The molecular formula is C11H23N3O2. The highest BCUT2D eigenvalue weighted by molar-refractivity contribution is 5.85. The van der Waals surface area contributed by atoms with Gasteiger partial charge in [-0.1, -0.05) is 20.8 Å². The van der Waals surface area contributed by atoms with E-state index in [0.29, 0.717) is 6.54 Å². The van der Waals surface area contributed by atoms with Gasteiger partial charge in [0.2, 0.25) is 0 Å². The molecule has 0 saturated carbocycles. The van der Waals surface area contributed by atoms with Gasteiger partial charge in [0.1, 0.15) is 0 Å². The molecule has 0 bridgehead atoms. The summed E-state index contributed by atoms with van der Waals surface area (Å²) in [6.07, 6.45) is 1.48. The fourth-order valence-electron chi connectivity index (χ4n) is 1.51. The third-order valence-corrected chi connectivity index (χ3v) is 2.33. The van der Waals surface area contributed by atoms with Crippen LogP contribution in [-0.2, 0) is 4.79 Å². The second-order valence-electron chi connectivity index (χ2n) is 4.10. The molecule has 0 fully saturated rings. The lowest BCUT2D eigenvalue weighted by atomic mass is 9.98. The van der Waals surface area contributed by atoms with Crippen LogP contribution in [0.2, 0.25) is 0 Å². The van der Waals surface area contributed by atoms with Crippen molar-refractivity contribution in [3.63, 3.8) is 0 Å². The van der Waals surface area contributed by atoms with E-state index >= 15 is 0 Å². The summed E-state index contributed by atoms with van der Waals surface area (Å²) in [6.45, 7) is 7.06. The van der Waals surface area contributed by atoms with E-state index in [1.165, 1.54) is 0 Å². The molecule has 4 N–H and O–H groups in total. The summed E-state index contributed by atoms with van der Waals surface area (Å²) in [4.78, 5) is 22.2. The van der Waals surface area contributed by atoms with E-state index in [1.807, 2.05) is 20.8 Å². The zero-order valence-electron chi connectivity index (χ0n) is 10.4. The molecule has 0 aliphatic carbocycles. The number of likely N-dealkylation sites (N-methyl/N-ethyl adjacent to an activating group) is 1. The summed E-state index contributed by atoms with van der Waals surface area (Å²) >= 11 is 0. The van der Waals surface area contributed by atoms with Crippen LogP contribution >= 0.6 is 0 Å². The number of carbonyl (C=O) groups is 2. The Hall–Kier alpha value is -1.10. The van der Waals surface area contributed by atoms with E-state index in [0.717, 1.165) is 19.4 Å². The normalized spacial score (nSPS) is 12.5. The van der Waals surface area contributed by atoms with E-state index in [-0.39, 0.29) is 17.7 Å². The molecule has 0 radical (unpaired) electrons. The van der Waals surface area contributed by atoms with Gasteiger partial charge in [0.25, 0.3) is 0 Å². The first-order valence-electron chi connectivity index (χ1n) is 5.79. The summed E-state index contributed by atoms with van der Waals surface area (Å²) in [5, 5.41) is 5.67. The summed E-state index contributed by atoms with van der Waals surface area (Å²) in [5.41, 5.74) is 4.94. The van der Waals surface area contributed by atoms with Gasteiger partial charge < -0.3 is 16.4 Å². The largest absolute Gasteiger partial charge is 0.352 e. The van der Waals surface area contributed by atoms with Gasteiger partial charge >= 0.3 is 6.03 Å². The monoisotopic (exact) mass is 229 g/mol. The molecule has 16 heavy (non-hydrogen) atoms. The summed E-state index contributed by atoms with van der Waals surface area (Å²) < 4.78 is 0. The Morgan fingerprint density at radius 3 is 2.38 bits per heavy atom. The number of nitrogens with one attached hydrogen (secondary N) is 2. The quantitative estimate of drug-likeness (QED) is 0.534. The molecule has 2 amide bonds. The standard InChI is InChI=1S/C11H23N3O2/c1-4-13-9(10(15)8(2)3)6-5-7-14-11(12)16/h8-9,13H,4-7H2,1-3H3,(H3,12,14,16)/t9-/m0/s1. The summed E-state index contributed by atoms with van der Waals surface area (Å²) in [6, 6.07) is -0.630. The molecule has 0 aliphatic rings. The summed E-state index contributed by atoms with van der Waals surface area (Å²) in [7, 11) is 0. The fourth-order valence-corrected chi connectivity index (χ4v) is 1.51. The number of primary amides is 1. The molecule has 5 heteroatoms. The first-order chi connectivity index (χ1) is 7.49. The van der Waals surface area contributed by atoms with Crippen molar-refractivity contribution in [2.45, 2.75) is 39.7 Å². The van der Waals surface area contributed by atoms with E-state index < -0.39 is 6.03 Å². The average Bonchev–Trinajstić information content (AvgIpc) is 2.21. The number of rotatable bonds is 8. The molecule has 0 saturated heterocycles. The number of amides is 2. The highest BCUT2D eigenvalue weighted by atomic mass is 16.2. The third-order valence-electron chi connectivity index (χ3n) is 2.33. The van der Waals surface area contributed by atoms with Gasteiger partial charge in [0.15, 0.2) is 5.78 Å². The Morgan fingerprint density at radius 1 is 1.31 bits per heavy atom. The van der Waals surface area contributed by atoms with Crippen LogP contribution in [0.1, 0.15) is 33.6 Å². The molecule has 0 spiro atoms. The van der Waals surface area contributed by atoms with Crippen LogP contribution in [0.25, 0.3) is 0 Å². The van der Waals surface area contributed by atoms with Gasteiger partial charge in [-0.25, -0.2) is 4.79 Å². The average molecular weight is 229 g/mol. The fraction of sp³-hybridized carbons (Fsp3) is 0.818. The van der Waals surface area contributed by atoms with Crippen molar-refractivity contribution in [3.8, 4) is 0 Å². The van der Waals surface area contributed by atoms with Gasteiger partial charge in [-0.2, -0.15) is 0 Å². The second-order valence-corrected chi connectivity index (χ2v) is 4.10. The van der Waals surface area contributed by atoms with Crippen LogP contribution in [0, 0.1) is 5.92 Å². The van der Waals surface area contributed by atoms with Gasteiger partial charge in [-0.05, 0) is 19.4 Å². The van der Waals surface area contributed by atoms with Crippen LogP contribution in [-0.4, -0.2) is 30.9 Å². The number of carbonyl (C=O) groups excluding carboxylic acids is 2. The first-order valence-corrected chi connectivity index (χ1v) is 5.79.